The Morgan fingerprint density at radius 3 is 0.894 bits per heavy atom. The quantitative estimate of drug-likeness (QED) is 0.0222. The van der Waals surface area contributed by atoms with Crippen LogP contribution in [0.1, 0.15) is 325 Å². The van der Waals surface area contributed by atoms with Crippen LogP contribution in [-0.4, -0.2) is 96.7 Å². The van der Waals surface area contributed by atoms with Crippen LogP contribution in [0.25, 0.3) is 0 Å². The first-order chi connectivity index (χ1) is 40.8. The van der Waals surface area contributed by atoms with Crippen molar-refractivity contribution in [1.29, 1.82) is 0 Å². The molecule has 0 rings (SSSR count). The summed E-state index contributed by atoms with van der Waals surface area (Å²) in [5, 5.41) is 10.5. The van der Waals surface area contributed by atoms with Crippen LogP contribution in [0.4, 0.5) is 0 Å². The third-order valence-corrected chi connectivity index (χ3v) is 17.4. The average Bonchev–Trinajstić information content (AvgIpc) is 3.49. The molecule has 6 atom stereocenters. The number of hydrogen-bond acceptors (Lipinski definition) is 15. The number of hydrogen-bond donors (Lipinski definition) is 3. The number of aliphatic hydroxyl groups is 1. The summed E-state index contributed by atoms with van der Waals surface area (Å²) in [6.07, 6.45) is 39.4. The van der Waals surface area contributed by atoms with Crippen molar-refractivity contribution in [3.8, 4) is 0 Å². The summed E-state index contributed by atoms with van der Waals surface area (Å²) in [5.74, 6) is 0.129. The zero-order valence-electron chi connectivity index (χ0n) is 55.1. The smallest absolute Gasteiger partial charge is 0.462 e. The van der Waals surface area contributed by atoms with Gasteiger partial charge in [0.15, 0.2) is 12.2 Å². The fourth-order valence-corrected chi connectivity index (χ4v) is 11.4. The summed E-state index contributed by atoms with van der Waals surface area (Å²) >= 11 is 0. The number of phosphoric ester groups is 2. The molecule has 0 aliphatic rings. The molecule has 0 aromatic carbocycles. The molecule has 0 radical (unpaired) electrons. The van der Waals surface area contributed by atoms with Gasteiger partial charge < -0.3 is 33.8 Å². The molecule has 504 valence electrons. The van der Waals surface area contributed by atoms with E-state index < -0.39 is 97.5 Å². The van der Waals surface area contributed by atoms with E-state index in [2.05, 4.69) is 48.5 Å². The van der Waals surface area contributed by atoms with E-state index in [1.54, 1.807) is 0 Å². The van der Waals surface area contributed by atoms with Gasteiger partial charge in [-0.05, 0) is 43.4 Å². The molecule has 0 amide bonds. The van der Waals surface area contributed by atoms with Gasteiger partial charge in [0, 0.05) is 25.7 Å². The lowest BCUT2D eigenvalue weighted by atomic mass is 10.00. The highest BCUT2D eigenvalue weighted by Gasteiger charge is 2.30. The third kappa shape index (κ3) is 59.5. The second-order valence-corrected chi connectivity index (χ2v) is 28.0. The standard InChI is InChI=1S/C66H128O17P2/c1-8-10-11-30-40-47-63(68)76-53-61(83-66(71)50-43-36-29-28-33-39-46-59(7)9-2)55-80-84(72,73)78-51-60(67)52-79-85(74,75)81-56-62(54-77-64(69)48-41-34-26-22-19-18-21-25-32-38-45-58(5)6)82-65(70)49-42-35-27-23-17-15-13-12-14-16-20-24-31-37-44-57(3)4/h57-62,67H,8-56H2,1-7H3,(H,72,73)(H,74,75)/t59?,60-,61+,62+/m0/s1. The van der Waals surface area contributed by atoms with Gasteiger partial charge >= 0.3 is 39.5 Å². The van der Waals surface area contributed by atoms with Gasteiger partial charge in [-0.1, -0.05) is 273 Å². The van der Waals surface area contributed by atoms with Crippen molar-refractivity contribution in [2.24, 2.45) is 17.8 Å². The van der Waals surface area contributed by atoms with Crippen LogP contribution in [-0.2, 0) is 65.4 Å². The monoisotopic (exact) mass is 1250 g/mol. The number of carbonyl (C=O) groups is 4. The first-order valence-corrected chi connectivity index (χ1v) is 37.4. The highest BCUT2D eigenvalue weighted by Crippen LogP contribution is 2.45. The van der Waals surface area contributed by atoms with E-state index in [0.717, 1.165) is 114 Å². The molecule has 17 nitrogen and oxygen atoms in total. The lowest BCUT2D eigenvalue weighted by Crippen LogP contribution is -2.30. The molecule has 19 heteroatoms. The molecule has 0 aromatic heterocycles. The van der Waals surface area contributed by atoms with Gasteiger partial charge in [0.1, 0.15) is 19.3 Å². The van der Waals surface area contributed by atoms with Gasteiger partial charge in [-0.3, -0.25) is 37.3 Å². The number of rotatable bonds is 64. The summed E-state index contributed by atoms with van der Waals surface area (Å²) in [4.78, 5) is 72.1. The largest absolute Gasteiger partial charge is 0.472 e. The minimum Gasteiger partial charge on any atom is -0.462 e. The van der Waals surface area contributed by atoms with Crippen molar-refractivity contribution >= 4 is 39.5 Å². The molecule has 0 spiro atoms. The second kappa shape index (κ2) is 57.2. The Morgan fingerprint density at radius 1 is 0.341 bits per heavy atom. The maximum atomic E-state index is 13.0. The van der Waals surface area contributed by atoms with Crippen molar-refractivity contribution in [3.05, 3.63) is 0 Å². The topological polar surface area (TPSA) is 237 Å². The number of esters is 4. The average molecular weight is 1260 g/mol. The summed E-state index contributed by atoms with van der Waals surface area (Å²) < 4.78 is 67.9. The van der Waals surface area contributed by atoms with Gasteiger partial charge in [-0.2, -0.15) is 0 Å². The van der Waals surface area contributed by atoms with E-state index in [4.69, 9.17) is 37.0 Å². The Labute approximate surface area is 517 Å². The highest BCUT2D eigenvalue weighted by molar-refractivity contribution is 7.47. The maximum absolute atomic E-state index is 13.0. The van der Waals surface area contributed by atoms with Gasteiger partial charge in [0.25, 0.3) is 0 Å². The second-order valence-electron chi connectivity index (χ2n) is 25.1. The lowest BCUT2D eigenvalue weighted by molar-refractivity contribution is -0.161. The number of carbonyl (C=O) groups excluding carboxylic acids is 4. The molecule has 85 heavy (non-hydrogen) atoms. The van der Waals surface area contributed by atoms with E-state index in [9.17, 15) is 43.2 Å². The van der Waals surface area contributed by atoms with Crippen molar-refractivity contribution in [1.82, 2.24) is 0 Å². The third-order valence-electron chi connectivity index (χ3n) is 15.5. The number of ether oxygens (including phenoxy) is 4. The van der Waals surface area contributed by atoms with Crippen LogP contribution >= 0.6 is 15.6 Å². The molecule has 3 N–H and O–H groups in total. The van der Waals surface area contributed by atoms with Crippen molar-refractivity contribution in [2.45, 2.75) is 343 Å². The summed E-state index contributed by atoms with van der Waals surface area (Å²) in [6, 6.07) is 0. The number of phosphoric acid groups is 2. The van der Waals surface area contributed by atoms with Crippen molar-refractivity contribution in [2.75, 3.05) is 39.6 Å². The van der Waals surface area contributed by atoms with Crippen LogP contribution in [0.15, 0.2) is 0 Å². The minimum absolute atomic E-state index is 0.102. The van der Waals surface area contributed by atoms with Crippen LogP contribution in [0.5, 0.6) is 0 Å². The molecule has 0 aliphatic heterocycles. The highest BCUT2D eigenvalue weighted by atomic mass is 31.2. The number of aliphatic hydroxyl groups excluding tert-OH is 1. The van der Waals surface area contributed by atoms with Crippen LogP contribution in [0.2, 0.25) is 0 Å². The minimum atomic E-state index is -4.95. The van der Waals surface area contributed by atoms with Crippen LogP contribution in [0, 0.1) is 17.8 Å². The van der Waals surface area contributed by atoms with E-state index in [-0.39, 0.29) is 25.7 Å². The van der Waals surface area contributed by atoms with Gasteiger partial charge in [0.05, 0.1) is 26.4 Å². The van der Waals surface area contributed by atoms with Gasteiger partial charge in [0.2, 0.25) is 0 Å². The SMILES string of the molecule is CCCCCCCC(=O)OC[C@H](COP(=O)(O)OC[C@H](O)COP(=O)(O)OC[C@@H](COC(=O)CCCCCCCCCCCCC(C)C)OC(=O)CCCCCCCCCCCCCCCCC(C)C)OC(=O)CCCCCCCCC(C)CC. The Kier molecular flexibility index (Phi) is 55.9. The predicted octanol–water partition coefficient (Wildman–Crippen LogP) is 18.3. The Balaban J connectivity index is 5.17. The van der Waals surface area contributed by atoms with Gasteiger partial charge in [-0.15, -0.1) is 0 Å². The Hall–Kier alpha value is -1.94. The van der Waals surface area contributed by atoms with E-state index in [0.29, 0.717) is 25.7 Å². The normalized spacial score (nSPS) is 14.6. The molecule has 0 aliphatic carbocycles. The summed E-state index contributed by atoms with van der Waals surface area (Å²) in [7, 11) is -9.88. The van der Waals surface area contributed by atoms with Gasteiger partial charge in [-0.25, -0.2) is 9.13 Å². The van der Waals surface area contributed by atoms with Crippen molar-refractivity contribution < 1.29 is 80.2 Å². The zero-order valence-corrected chi connectivity index (χ0v) is 56.9. The van der Waals surface area contributed by atoms with Crippen LogP contribution < -0.4 is 0 Å². The maximum Gasteiger partial charge on any atom is 0.472 e. The van der Waals surface area contributed by atoms with E-state index in [1.807, 2.05) is 0 Å². The fraction of sp³-hybridized carbons (Fsp3) is 0.939. The predicted molar refractivity (Wildman–Crippen MR) is 340 cm³/mol. The molecule has 0 aromatic rings. The lowest BCUT2D eigenvalue weighted by Gasteiger charge is -2.21. The zero-order chi connectivity index (χ0) is 63.1. The van der Waals surface area contributed by atoms with E-state index in [1.165, 1.54) is 128 Å². The first-order valence-electron chi connectivity index (χ1n) is 34.4. The Bertz CT molecular complexity index is 1680. The molecule has 0 saturated carbocycles. The molecule has 0 fully saturated rings. The first kappa shape index (κ1) is 83.1. The number of unbranched alkanes of at least 4 members (excludes halogenated alkanes) is 31. The van der Waals surface area contributed by atoms with Crippen LogP contribution in [0.3, 0.4) is 0 Å². The molecule has 0 saturated heterocycles. The molecule has 3 unspecified atom stereocenters. The molecule has 0 bridgehead atoms. The fourth-order valence-electron chi connectivity index (χ4n) is 9.80. The Morgan fingerprint density at radius 2 is 0.600 bits per heavy atom. The molecule has 0 heterocycles. The van der Waals surface area contributed by atoms with Crippen molar-refractivity contribution in [3.63, 3.8) is 0 Å². The molecular weight excluding hydrogens is 1130 g/mol. The summed E-state index contributed by atoms with van der Waals surface area (Å²) in [6.45, 7) is 11.7. The summed E-state index contributed by atoms with van der Waals surface area (Å²) in [5.41, 5.74) is 0. The molecular formula is C66H128O17P2. The van der Waals surface area contributed by atoms with E-state index >= 15 is 0 Å².